The van der Waals surface area contributed by atoms with Gasteiger partial charge in [-0.25, -0.2) is 0 Å². The fourth-order valence-electron chi connectivity index (χ4n) is 9.52. The van der Waals surface area contributed by atoms with Gasteiger partial charge in [0.2, 0.25) is 0 Å². The molecule has 4 rings (SSSR count). The molecule has 0 heterocycles. The highest BCUT2D eigenvalue weighted by Crippen LogP contribution is 2.69. The maximum atomic E-state index is 11.6. The first-order chi connectivity index (χ1) is 15.3. The van der Waals surface area contributed by atoms with Crippen LogP contribution in [0.15, 0.2) is 12.7 Å². The number of rotatable bonds is 6. The van der Waals surface area contributed by atoms with E-state index in [1.165, 1.54) is 19.3 Å². The van der Waals surface area contributed by atoms with Crippen molar-refractivity contribution in [1.82, 2.24) is 0 Å². The highest BCUT2D eigenvalue weighted by molar-refractivity contribution is 5.17. The van der Waals surface area contributed by atoms with Crippen LogP contribution in [0, 0.1) is 46.3 Å². The van der Waals surface area contributed by atoms with Gasteiger partial charge in [-0.05, 0) is 98.7 Å². The first kappa shape index (κ1) is 25.7. The lowest BCUT2D eigenvalue weighted by Gasteiger charge is -2.65. The maximum Gasteiger partial charge on any atom is 0.0985 e. The van der Waals surface area contributed by atoms with Crippen LogP contribution < -0.4 is 0 Å². The lowest BCUT2D eigenvalue weighted by atomic mass is 9.42. The van der Waals surface area contributed by atoms with Crippen LogP contribution in [-0.4, -0.2) is 43.8 Å². The van der Waals surface area contributed by atoms with E-state index in [4.69, 9.17) is 0 Å². The minimum atomic E-state index is -1.16. The molecule has 4 fully saturated rings. The summed E-state index contributed by atoms with van der Waals surface area (Å²) in [5.74, 6) is 2.84. The minimum Gasteiger partial charge on any atom is -0.393 e. The van der Waals surface area contributed by atoms with Gasteiger partial charge in [-0.15, -0.1) is 6.58 Å². The summed E-state index contributed by atoms with van der Waals surface area (Å²) in [6, 6.07) is 0. The van der Waals surface area contributed by atoms with Gasteiger partial charge in [-0.3, -0.25) is 0 Å². The number of fused-ring (bicyclic) bond motifs is 5. The summed E-state index contributed by atoms with van der Waals surface area (Å²) in [6.07, 6.45) is 9.56. The number of hydrogen-bond acceptors (Lipinski definition) is 4. The third-order valence-corrected chi connectivity index (χ3v) is 11.9. The van der Waals surface area contributed by atoms with E-state index in [0.29, 0.717) is 42.4 Å². The molecule has 4 aliphatic rings. The van der Waals surface area contributed by atoms with Crippen molar-refractivity contribution in [3.63, 3.8) is 0 Å². The molecule has 11 atom stereocenters. The lowest BCUT2D eigenvalue weighted by molar-refractivity contribution is -0.264. The summed E-state index contributed by atoms with van der Waals surface area (Å²) in [5.41, 5.74) is -1.98. The molecule has 0 radical (unpaired) electrons. The van der Waals surface area contributed by atoms with Gasteiger partial charge in [-0.2, -0.15) is 0 Å². The SMILES string of the molecule is C=CC(O)(CC[C@@H](C)C1CCC2C3C[C@H](O)[C@@]4(O)C[C@@H](O)CC[C@]4(C)C3CC[C@@]21C)C(C)C. The van der Waals surface area contributed by atoms with E-state index in [-0.39, 0.29) is 16.7 Å². The van der Waals surface area contributed by atoms with Gasteiger partial charge in [0.1, 0.15) is 0 Å². The molecule has 0 saturated heterocycles. The molecule has 0 spiro atoms. The van der Waals surface area contributed by atoms with Crippen LogP contribution in [0.25, 0.3) is 0 Å². The van der Waals surface area contributed by atoms with Crippen molar-refractivity contribution in [2.75, 3.05) is 0 Å². The van der Waals surface area contributed by atoms with Crippen LogP contribution in [0.3, 0.4) is 0 Å². The van der Waals surface area contributed by atoms with Crippen LogP contribution in [0.4, 0.5) is 0 Å². The first-order valence-corrected chi connectivity index (χ1v) is 13.8. The van der Waals surface area contributed by atoms with E-state index in [9.17, 15) is 20.4 Å². The van der Waals surface area contributed by atoms with Crippen molar-refractivity contribution in [1.29, 1.82) is 0 Å². The first-order valence-electron chi connectivity index (χ1n) is 13.8. The van der Waals surface area contributed by atoms with Gasteiger partial charge in [0.05, 0.1) is 23.4 Å². The van der Waals surface area contributed by atoms with Crippen molar-refractivity contribution in [3.8, 4) is 0 Å². The van der Waals surface area contributed by atoms with Crippen molar-refractivity contribution in [2.24, 2.45) is 46.3 Å². The molecule has 0 amide bonds. The van der Waals surface area contributed by atoms with Crippen LogP contribution in [0.5, 0.6) is 0 Å². The third-order valence-electron chi connectivity index (χ3n) is 11.9. The van der Waals surface area contributed by atoms with Gasteiger partial charge in [-0.1, -0.05) is 40.7 Å². The van der Waals surface area contributed by atoms with E-state index in [1.54, 1.807) is 6.08 Å². The number of hydrogen-bond donors (Lipinski definition) is 4. The van der Waals surface area contributed by atoms with E-state index in [1.807, 2.05) is 0 Å². The molecule has 4 heteroatoms. The summed E-state index contributed by atoms with van der Waals surface area (Å²) < 4.78 is 0. The molecule has 0 aromatic rings. The zero-order valence-corrected chi connectivity index (χ0v) is 21.8. The summed E-state index contributed by atoms with van der Waals surface area (Å²) in [4.78, 5) is 0. The van der Waals surface area contributed by atoms with Crippen LogP contribution in [0.2, 0.25) is 0 Å². The quantitative estimate of drug-likeness (QED) is 0.415. The second kappa shape index (κ2) is 8.61. The predicted octanol–water partition coefficient (Wildman–Crippen LogP) is 5.08. The number of aliphatic hydroxyl groups is 4. The molecular weight excluding hydrogens is 412 g/mol. The zero-order chi connectivity index (χ0) is 24.4. The molecule has 4 nitrogen and oxygen atoms in total. The molecule has 4 aliphatic carbocycles. The Hall–Kier alpha value is -0.420. The van der Waals surface area contributed by atoms with Crippen molar-refractivity contribution in [3.05, 3.63) is 12.7 Å². The Kier molecular flexibility index (Phi) is 6.69. The molecule has 4 saturated carbocycles. The predicted molar refractivity (Wildman–Crippen MR) is 132 cm³/mol. The van der Waals surface area contributed by atoms with E-state index >= 15 is 0 Å². The monoisotopic (exact) mass is 462 g/mol. The van der Waals surface area contributed by atoms with Gasteiger partial charge in [0, 0.05) is 11.8 Å². The Morgan fingerprint density at radius 1 is 1.03 bits per heavy atom. The van der Waals surface area contributed by atoms with Crippen LogP contribution >= 0.6 is 0 Å². The highest BCUT2D eigenvalue weighted by Gasteiger charge is 2.67. The van der Waals surface area contributed by atoms with Crippen molar-refractivity contribution in [2.45, 2.75) is 122 Å². The molecule has 0 aromatic carbocycles. The standard InChI is InChI=1S/C29H50O4/c1-7-28(32,18(2)3)15-10-19(4)22-8-9-23-21-16-25(31)29(33)17-20(30)11-14-27(29,6)24(21)12-13-26(22,23)5/h7,18-25,30-33H,1,8-17H2,2-6H3/t19-,20+,21?,22?,23?,24?,25+,26-,27-,28?,29+/m1/s1. The van der Waals surface area contributed by atoms with Gasteiger partial charge in [0.15, 0.2) is 0 Å². The Bertz CT molecular complexity index is 737. The molecule has 0 bridgehead atoms. The summed E-state index contributed by atoms with van der Waals surface area (Å²) >= 11 is 0. The Labute approximate surface area is 201 Å². The van der Waals surface area contributed by atoms with E-state index in [2.05, 4.69) is 41.2 Å². The maximum absolute atomic E-state index is 11.6. The average Bonchev–Trinajstić information content (AvgIpc) is 3.11. The molecule has 0 aliphatic heterocycles. The third kappa shape index (κ3) is 3.77. The number of aliphatic hydroxyl groups excluding tert-OH is 2. The van der Waals surface area contributed by atoms with E-state index < -0.39 is 23.4 Å². The Morgan fingerprint density at radius 2 is 1.73 bits per heavy atom. The summed E-state index contributed by atoms with van der Waals surface area (Å²) in [5, 5.41) is 44.1. The Morgan fingerprint density at radius 3 is 2.36 bits per heavy atom. The minimum absolute atomic E-state index is 0.168. The van der Waals surface area contributed by atoms with Crippen LogP contribution in [-0.2, 0) is 0 Å². The van der Waals surface area contributed by atoms with Crippen LogP contribution in [0.1, 0.15) is 98.8 Å². The second-order valence-corrected chi connectivity index (χ2v) is 13.5. The summed E-state index contributed by atoms with van der Waals surface area (Å²) in [7, 11) is 0. The van der Waals surface area contributed by atoms with E-state index in [0.717, 1.165) is 32.1 Å². The normalized spacial score (nSPS) is 50.1. The van der Waals surface area contributed by atoms with Gasteiger partial charge >= 0.3 is 0 Å². The fraction of sp³-hybridized carbons (Fsp3) is 0.931. The molecule has 0 aromatic heterocycles. The highest BCUT2D eigenvalue weighted by atomic mass is 16.3. The van der Waals surface area contributed by atoms with Crippen molar-refractivity contribution >= 4 is 0 Å². The summed E-state index contributed by atoms with van der Waals surface area (Å²) in [6.45, 7) is 15.1. The second-order valence-electron chi connectivity index (χ2n) is 13.5. The molecule has 190 valence electrons. The fourth-order valence-corrected chi connectivity index (χ4v) is 9.52. The van der Waals surface area contributed by atoms with Crippen molar-refractivity contribution < 1.29 is 20.4 Å². The average molecular weight is 463 g/mol. The van der Waals surface area contributed by atoms with Gasteiger partial charge in [0.25, 0.3) is 0 Å². The smallest absolute Gasteiger partial charge is 0.0985 e. The topological polar surface area (TPSA) is 80.9 Å². The Balaban J connectivity index is 1.52. The largest absolute Gasteiger partial charge is 0.393 e. The lowest BCUT2D eigenvalue weighted by Crippen LogP contribution is -2.68. The molecule has 5 unspecified atom stereocenters. The molecule has 33 heavy (non-hydrogen) atoms. The van der Waals surface area contributed by atoms with Gasteiger partial charge < -0.3 is 20.4 Å². The zero-order valence-electron chi connectivity index (χ0n) is 21.8. The molecular formula is C29H50O4. The molecule has 4 N–H and O–H groups in total.